The second kappa shape index (κ2) is 37.1. The Morgan fingerprint density at radius 3 is 1.91 bits per heavy atom. The number of ether oxygens (including phenoxy) is 2. The maximum Gasteiger partial charge on any atom is 0.243 e. The van der Waals surface area contributed by atoms with Gasteiger partial charge in [0.15, 0.2) is 11.1 Å². The van der Waals surface area contributed by atoms with Crippen molar-refractivity contribution in [3.05, 3.63) is 48.0 Å². The van der Waals surface area contributed by atoms with E-state index in [4.69, 9.17) is 38.9 Å². The third kappa shape index (κ3) is 29.0. The molecule has 0 aliphatic rings. The summed E-state index contributed by atoms with van der Waals surface area (Å²) in [4.78, 5) is 84.7. The minimum atomic E-state index is -0.981. The van der Waals surface area contributed by atoms with Crippen LogP contribution in [0.3, 0.4) is 0 Å². The lowest BCUT2D eigenvalue weighted by Gasteiger charge is -2.23. The molecule has 0 aliphatic carbocycles. The van der Waals surface area contributed by atoms with E-state index in [2.05, 4.69) is 64.6 Å². The van der Waals surface area contributed by atoms with E-state index in [9.17, 15) is 28.8 Å². The van der Waals surface area contributed by atoms with E-state index in [-0.39, 0.29) is 89.4 Å². The SMILES string of the molecule is CCCC(=O)NC(CCCCNC(=O)C(CCCN=C(N)N)NC(=O)C(CCCCNC(=S)NCCCCN=C=S)NC(=O)CCOCCOCCNC(=O)Cc1ccc2ccccc2c1)C(N)=O. The molecule has 2 rings (SSSR count). The summed E-state index contributed by atoms with van der Waals surface area (Å²) in [5, 5.41) is 25.3. The Labute approximate surface area is 416 Å². The fourth-order valence-corrected chi connectivity index (χ4v) is 7.11. The van der Waals surface area contributed by atoms with Crippen molar-refractivity contribution in [1.29, 1.82) is 0 Å². The molecule has 3 unspecified atom stereocenters. The molecular weight excluding hydrogens is 925 g/mol. The predicted molar refractivity (Wildman–Crippen MR) is 275 cm³/mol. The third-order valence-electron chi connectivity index (χ3n) is 10.4. The number of nitrogens with zero attached hydrogens (tertiary/aromatic N) is 2. The van der Waals surface area contributed by atoms with Crippen molar-refractivity contribution in [2.75, 3.05) is 65.7 Å². The number of amides is 6. The molecule has 2 aromatic rings. The smallest absolute Gasteiger partial charge is 0.243 e. The Morgan fingerprint density at radius 1 is 0.623 bits per heavy atom. The standard InChI is InChI=1S/C47H74N12O8S2/c1-2-12-40(60)57-37(43(48)63)15-5-7-22-53-44(64)38(17-11-25-54-46(49)50)59-45(65)39(16-6-8-23-55-47(69)56-24-10-9-21-51-33-68)58-41(61)20-27-66-29-30-67-28-26-52-42(62)32-34-18-19-35-13-3-4-14-36(35)31-34/h3-4,13-14,18-19,31,37-39H,2,5-12,15-17,20-30,32H2,1H3,(H2,48,63)(H,52,62)(H,53,64)(H,57,60)(H,58,61)(H,59,65)(H4,49,50,54)(H2,55,56,69). The molecule has 0 bridgehead atoms. The summed E-state index contributed by atoms with van der Waals surface area (Å²) in [6.45, 7) is 5.28. The molecule has 22 heteroatoms. The number of hydrogen-bond acceptors (Lipinski definition) is 12. The van der Waals surface area contributed by atoms with Gasteiger partial charge in [-0.2, -0.15) is 0 Å². The lowest BCUT2D eigenvalue weighted by atomic mass is 10.1. The Kier molecular flexibility index (Phi) is 31.9. The predicted octanol–water partition coefficient (Wildman–Crippen LogP) is 1.52. The van der Waals surface area contributed by atoms with Crippen LogP contribution >= 0.6 is 24.4 Å². The summed E-state index contributed by atoms with van der Waals surface area (Å²) < 4.78 is 11.2. The summed E-state index contributed by atoms with van der Waals surface area (Å²) in [6.07, 6.45) is 6.11. The van der Waals surface area contributed by atoms with E-state index >= 15 is 0 Å². The quantitative estimate of drug-likeness (QED) is 0.0198. The number of hydrogen-bond donors (Lipinski definition) is 10. The summed E-state index contributed by atoms with van der Waals surface area (Å²) >= 11 is 9.96. The number of isothiocyanates is 1. The van der Waals surface area contributed by atoms with E-state index < -0.39 is 41.8 Å². The molecule has 0 radical (unpaired) electrons. The van der Waals surface area contributed by atoms with Gasteiger partial charge in [0.05, 0.1) is 38.0 Å². The van der Waals surface area contributed by atoms with Crippen LogP contribution in [0.4, 0.5) is 0 Å². The molecule has 0 heterocycles. The number of nitrogens with two attached hydrogens (primary N) is 3. The van der Waals surface area contributed by atoms with Crippen LogP contribution in [0.15, 0.2) is 52.4 Å². The number of fused-ring (bicyclic) bond motifs is 1. The van der Waals surface area contributed by atoms with Crippen LogP contribution in [0.25, 0.3) is 10.8 Å². The molecule has 3 atom stereocenters. The number of guanidine groups is 1. The van der Waals surface area contributed by atoms with Gasteiger partial charge >= 0.3 is 0 Å². The summed E-state index contributed by atoms with van der Waals surface area (Å²) in [6, 6.07) is 11.2. The fraction of sp³-hybridized carbons (Fsp3) is 0.596. The maximum atomic E-state index is 13.9. The number of carbonyl (C=O) groups is 6. The van der Waals surface area contributed by atoms with Crippen molar-refractivity contribution in [2.24, 2.45) is 27.2 Å². The second-order valence-electron chi connectivity index (χ2n) is 16.2. The van der Waals surface area contributed by atoms with Crippen molar-refractivity contribution < 1.29 is 38.2 Å². The van der Waals surface area contributed by atoms with Gasteiger partial charge in [-0.3, -0.25) is 33.8 Å². The molecule has 0 aromatic heterocycles. The van der Waals surface area contributed by atoms with Gasteiger partial charge in [0.1, 0.15) is 18.1 Å². The van der Waals surface area contributed by atoms with Gasteiger partial charge in [-0.15, -0.1) is 0 Å². The van der Waals surface area contributed by atoms with Crippen LogP contribution in [0.2, 0.25) is 0 Å². The van der Waals surface area contributed by atoms with E-state index in [1.165, 1.54) is 0 Å². The number of carbonyl (C=O) groups excluding carboxylic acids is 6. The first-order valence-electron chi connectivity index (χ1n) is 23.8. The Morgan fingerprint density at radius 2 is 1.23 bits per heavy atom. The van der Waals surface area contributed by atoms with Gasteiger partial charge in [-0.25, -0.2) is 4.99 Å². The number of unbranched alkanes of at least 4 members (excludes halogenated alkanes) is 3. The zero-order valence-corrected chi connectivity index (χ0v) is 41.6. The van der Waals surface area contributed by atoms with Gasteiger partial charge < -0.3 is 63.9 Å². The lowest BCUT2D eigenvalue weighted by molar-refractivity contribution is -0.132. The zero-order valence-electron chi connectivity index (χ0n) is 40.0. The highest BCUT2D eigenvalue weighted by molar-refractivity contribution is 7.80. The van der Waals surface area contributed by atoms with Crippen LogP contribution in [-0.2, 0) is 44.7 Å². The van der Waals surface area contributed by atoms with Crippen molar-refractivity contribution >= 4 is 86.9 Å². The molecule has 0 saturated carbocycles. The van der Waals surface area contributed by atoms with Crippen molar-refractivity contribution in [3.63, 3.8) is 0 Å². The number of rotatable bonds is 38. The monoisotopic (exact) mass is 999 g/mol. The zero-order chi connectivity index (χ0) is 50.5. The Hall–Kier alpha value is -5.80. The minimum Gasteiger partial charge on any atom is -0.379 e. The highest BCUT2D eigenvalue weighted by atomic mass is 32.1. The summed E-state index contributed by atoms with van der Waals surface area (Å²) in [5.41, 5.74) is 17.4. The molecule has 69 heavy (non-hydrogen) atoms. The number of aliphatic imine (C=N–C) groups is 2. The molecule has 2 aromatic carbocycles. The summed E-state index contributed by atoms with van der Waals surface area (Å²) in [5.74, 6) is -2.51. The van der Waals surface area contributed by atoms with E-state index in [0.717, 1.165) is 29.2 Å². The molecule has 382 valence electrons. The molecule has 13 N–H and O–H groups in total. The first kappa shape index (κ1) is 59.3. The molecule has 6 amide bonds. The minimum absolute atomic E-state index is 0.0324. The molecule has 20 nitrogen and oxygen atoms in total. The summed E-state index contributed by atoms with van der Waals surface area (Å²) in [7, 11) is 0. The molecule has 0 aliphatic heterocycles. The topological polar surface area (TPSA) is 308 Å². The highest BCUT2D eigenvalue weighted by Crippen LogP contribution is 2.16. The average Bonchev–Trinajstić information content (AvgIpc) is 3.31. The maximum absolute atomic E-state index is 13.9. The highest BCUT2D eigenvalue weighted by Gasteiger charge is 2.27. The first-order valence-corrected chi connectivity index (χ1v) is 24.6. The first-order chi connectivity index (χ1) is 33.3. The Balaban J connectivity index is 1.90. The van der Waals surface area contributed by atoms with Crippen molar-refractivity contribution in [3.8, 4) is 0 Å². The van der Waals surface area contributed by atoms with Crippen LogP contribution < -0.4 is 54.4 Å². The van der Waals surface area contributed by atoms with Crippen LogP contribution in [0.5, 0.6) is 0 Å². The van der Waals surface area contributed by atoms with E-state index in [1.54, 1.807) is 0 Å². The number of thiocarbonyl (C=S) groups is 2. The molecule has 0 spiro atoms. The van der Waals surface area contributed by atoms with Gasteiger partial charge in [0.2, 0.25) is 35.4 Å². The van der Waals surface area contributed by atoms with E-state index in [0.29, 0.717) is 76.2 Å². The molecule has 0 fully saturated rings. The Bertz CT molecular complexity index is 1980. The lowest BCUT2D eigenvalue weighted by Crippen LogP contribution is -2.54. The van der Waals surface area contributed by atoms with Gasteiger partial charge in [0, 0.05) is 52.1 Å². The molecular formula is C47H74N12O8S2. The molecule has 0 saturated heterocycles. The largest absolute Gasteiger partial charge is 0.379 e. The second-order valence-corrected chi connectivity index (χ2v) is 16.8. The van der Waals surface area contributed by atoms with Crippen LogP contribution in [0, 0.1) is 0 Å². The van der Waals surface area contributed by atoms with Crippen molar-refractivity contribution in [2.45, 2.75) is 115 Å². The van der Waals surface area contributed by atoms with Gasteiger partial charge in [-0.05, 0) is 111 Å². The third-order valence-corrected chi connectivity index (χ3v) is 10.9. The van der Waals surface area contributed by atoms with Gasteiger partial charge in [-0.1, -0.05) is 49.4 Å². The van der Waals surface area contributed by atoms with Gasteiger partial charge in [0.25, 0.3) is 0 Å². The fourth-order valence-electron chi connectivity index (χ4n) is 6.81. The number of benzene rings is 2. The number of nitrogens with one attached hydrogen (secondary N) is 7. The van der Waals surface area contributed by atoms with Crippen molar-refractivity contribution in [1.82, 2.24) is 37.2 Å². The normalized spacial score (nSPS) is 12.0. The number of primary amides is 1. The van der Waals surface area contributed by atoms with Crippen LogP contribution in [-0.4, -0.2) is 135 Å². The van der Waals surface area contributed by atoms with Crippen LogP contribution in [0.1, 0.15) is 96.0 Å². The van der Waals surface area contributed by atoms with E-state index in [1.807, 2.05) is 49.4 Å². The average molecular weight is 999 g/mol.